The van der Waals surface area contributed by atoms with Crippen molar-refractivity contribution in [3.05, 3.63) is 66.7 Å². The van der Waals surface area contributed by atoms with Gasteiger partial charge >= 0.3 is 5.97 Å². The molecule has 13 nitrogen and oxygen atoms in total. The number of ether oxygens (including phenoxy) is 1. The molecule has 0 fully saturated rings. The fourth-order valence-electron chi connectivity index (χ4n) is 3.30. The van der Waals surface area contributed by atoms with Crippen LogP contribution in [0.2, 0.25) is 0 Å². The number of fused-ring (bicyclic) bond motifs is 1. The summed E-state index contributed by atoms with van der Waals surface area (Å²) in [5.74, 6) is -1.88. The van der Waals surface area contributed by atoms with Crippen molar-refractivity contribution in [2.24, 2.45) is 0 Å². The average molecular weight is 419 g/mol. The van der Waals surface area contributed by atoms with Crippen molar-refractivity contribution in [2.75, 3.05) is 13.2 Å². The van der Waals surface area contributed by atoms with Gasteiger partial charge in [-0.2, -0.15) is 0 Å². The summed E-state index contributed by atoms with van der Waals surface area (Å²) in [5.41, 5.74) is 1.47. The first kappa shape index (κ1) is 20.7. The smallest absolute Gasteiger partial charge is 0.336 e. The Morgan fingerprint density at radius 3 is 2.67 bits per heavy atom. The Morgan fingerprint density at radius 1 is 1.20 bits per heavy atom. The Labute approximate surface area is 168 Å². The van der Waals surface area contributed by atoms with E-state index in [-0.39, 0.29) is 42.1 Å². The highest BCUT2D eigenvalue weighted by Crippen LogP contribution is 2.40. The van der Waals surface area contributed by atoms with Crippen molar-refractivity contribution in [3.8, 4) is 0 Å². The second-order valence-electron chi connectivity index (χ2n) is 6.39. The number of nitrogens with one attached hydrogen (secondary N) is 1. The van der Waals surface area contributed by atoms with E-state index >= 15 is 0 Å². The van der Waals surface area contributed by atoms with Gasteiger partial charge in [0.2, 0.25) is 0 Å². The van der Waals surface area contributed by atoms with Crippen LogP contribution in [0.3, 0.4) is 0 Å². The van der Waals surface area contributed by atoms with E-state index in [2.05, 4.69) is 20.5 Å². The summed E-state index contributed by atoms with van der Waals surface area (Å²) in [5, 5.41) is 31.5. The molecule has 2 aromatic rings. The van der Waals surface area contributed by atoms with Crippen LogP contribution >= 0.6 is 0 Å². The lowest BCUT2D eigenvalue weighted by Crippen LogP contribution is -2.32. The zero-order chi connectivity index (χ0) is 21.8. The minimum Gasteiger partial charge on any atom is -0.462 e. The molecule has 1 N–H and O–H groups in total. The predicted octanol–water partition coefficient (Wildman–Crippen LogP) is 1.83. The van der Waals surface area contributed by atoms with Crippen LogP contribution in [0.15, 0.2) is 45.5 Å². The summed E-state index contributed by atoms with van der Waals surface area (Å²) in [6.45, 7) is 2.72. The maximum absolute atomic E-state index is 12.8. The Hall–Kier alpha value is -4.03. The van der Waals surface area contributed by atoms with Crippen LogP contribution in [0, 0.1) is 20.2 Å². The molecule has 1 aliphatic heterocycles. The first-order valence-electron chi connectivity index (χ1n) is 8.79. The molecule has 13 heteroatoms. The normalized spacial score (nSPS) is 16.4. The summed E-state index contributed by atoms with van der Waals surface area (Å²) in [6, 6.07) is 4.86. The second kappa shape index (κ2) is 8.55. The summed E-state index contributed by atoms with van der Waals surface area (Å²) < 4.78 is 9.95. The zero-order valence-corrected chi connectivity index (χ0v) is 16.0. The van der Waals surface area contributed by atoms with Crippen LogP contribution in [-0.4, -0.2) is 39.5 Å². The highest BCUT2D eigenvalue weighted by atomic mass is 16.9. The van der Waals surface area contributed by atoms with Gasteiger partial charge in [-0.15, -0.1) is 10.1 Å². The number of esters is 1. The van der Waals surface area contributed by atoms with Gasteiger partial charge in [-0.1, -0.05) is 12.1 Å². The number of carbonyl (C=O) groups is 1. The minimum absolute atomic E-state index is 0.0259. The third-order valence-electron chi connectivity index (χ3n) is 4.49. The largest absolute Gasteiger partial charge is 0.462 e. The Kier molecular flexibility index (Phi) is 5.90. The fraction of sp³-hybridized carbons (Fsp3) is 0.353. The van der Waals surface area contributed by atoms with E-state index in [9.17, 15) is 25.0 Å². The molecule has 0 aliphatic carbocycles. The van der Waals surface area contributed by atoms with Gasteiger partial charge in [0.25, 0.3) is 10.8 Å². The lowest BCUT2D eigenvalue weighted by atomic mass is 9.83. The monoisotopic (exact) mass is 419 g/mol. The number of carbonyl (C=O) groups excluding carboxylic acids is 1. The molecule has 1 aliphatic rings. The van der Waals surface area contributed by atoms with Gasteiger partial charge in [-0.25, -0.2) is 9.42 Å². The van der Waals surface area contributed by atoms with Gasteiger partial charge in [0.15, 0.2) is 0 Å². The lowest BCUT2D eigenvalue weighted by Gasteiger charge is -2.26. The molecule has 1 aromatic carbocycles. The molecule has 0 saturated carbocycles. The van der Waals surface area contributed by atoms with Gasteiger partial charge in [-0.3, -0.25) is 10.1 Å². The molecule has 0 bridgehead atoms. The van der Waals surface area contributed by atoms with Gasteiger partial charge < -0.3 is 14.9 Å². The van der Waals surface area contributed by atoms with Gasteiger partial charge in [0.1, 0.15) is 17.0 Å². The molecule has 30 heavy (non-hydrogen) atoms. The highest BCUT2D eigenvalue weighted by Gasteiger charge is 2.42. The Bertz CT molecular complexity index is 1070. The zero-order valence-electron chi connectivity index (χ0n) is 16.0. The summed E-state index contributed by atoms with van der Waals surface area (Å²) >= 11 is 0. The minimum atomic E-state index is -1.08. The summed E-state index contributed by atoms with van der Waals surface area (Å²) in [6.07, 6.45) is 0.0802. The molecular formula is C17H17N5O8. The first-order chi connectivity index (χ1) is 14.3. The van der Waals surface area contributed by atoms with Crippen molar-refractivity contribution >= 4 is 17.0 Å². The van der Waals surface area contributed by atoms with E-state index in [0.29, 0.717) is 16.8 Å². The maximum atomic E-state index is 12.8. The van der Waals surface area contributed by atoms with Gasteiger partial charge in [0, 0.05) is 17.7 Å². The predicted molar refractivity (Wildman–Crippen MR) is 98.6 cm³/mol. The quantitative estimate of drug-likeness (QED) is 0.286. The molecule has 0 radical (unpaired) electrons. The molecule has 0 saturated heterocycles. The highest BCUT2D eigenvalue weighted by molar-refractivity contribution is 5.94. The van der Waals surface area contributed by atoms with Crippen molar-refractivity contribution in [1.29, 1.82) is 0 Å². The van der Waals surface area contributed by atoms with E-state index in [0.717, 1.165) is 0 Å². The van der Waals surface area contributed by atoms with Crippen LogP contribution in [0.1, 0.15) is 31.7 Å². The molecule has 2 heterocycles. The van der Waals surface area contributed by atoms with Gasteiger partial charge in [0.05, 0.1) is 29.4 Å². The third-order valence-corrected chi connectivity index (χ3v) is 4.49. The van der Waals surface area contributed by atoms with Crippen LogP contribution < -0.4 is 5.32 Å². The molecule has 1 atom stereocenters. The third kappa shape index (κ3) is 4.04. The summed E-state index contributed by atoms with van der Waals surface area (Å²) in [7, 11) is 0. The average Bonchev–Trinajstić information content (AvgIpc) is 3.15. The number of nitro groups is 1. The Balaban J connectivity index is 1.96. The SMILES string of the molecule is CC1=C(C(=O)OCCCO[N+](=O)[O-])C(c2cccc3nonc23)C([N+](=O)[O-])=C(C)N1. The number of hydrogen-bond donors (Lipinski definition) is 1. The molecule has 0 amide bonds. The molecule has 158 valence electrons. The molecule has 3 rings (SSSR count). The topological polar surface area (TPSA) is 173 Å². The van der Waals surface area contributed by atoms with E-state index in [4.69, 9.17) is 9.37 Å². The number of nitrogens with zero attached hydrogens (tertiary/aromatic N) is 4. The summed E-state index contributed by atoms with van der Waals surface area (Å²) in [4.78, 5) is 38.5. The number of rotatable bonds is 8. The lowest BCUT2D eigenvalue weighted by molar-refractivity contribution is -0.757. The molecule has 1 aromatic heterocycles. The number of allylic oxidation sites excluding steroid dienone is 3. The maximum Gasteiger partial charge on any atom is 0.336 e. The van der Waals surface area contributed by atoms with Gasteiger partial charge in [-0.05, 0) is 30.2 Å². The molecular weight excluding hydrogens is 402 g/mol. The molecule has 1 unspecified atom stereocenters. The first-order valence-corrected chi connectivity index (χ1v) is 8.79. The standard InChI is InChI=1S/C17H17N5O8/c1-9-13(17(23)28-7-4-8-29-22(26)27)14(16(21(24)25)10(2)18-9)11-5-3-6-12-15(11)20-30-19-12/h3,5-6,14,18H,4,7-8H2,1-2H3. The van der Waals surface area contributed by atoms with Crippen molar-refractivity contribution in [1.82, 2.24) is 15.6 Å². The van der Waals surface area contributed by atoms with Crippen molar-refractivity contribution in [2.45, 2.75) is 26.2 Å². The van der Waals surface area contributed by atoms with Crippen molar-refractivity contribution < 1.29 is 29.0 Å². The number of dihydropyridines is 1. The van der Waals surface area contributed by atoms with E-state index < -0.39 is 21.9 Å². The second-order valence-corrected chi connectivity index (χ2v) is 6.39. The molecule has 0 spiro atoms. The van der Waals surface area contributed by atoms with Crippen LogP contribution in [0.25, 0.3) is 11.0 Å². The van der Waals surface area contributed by atoms with E-state index in [1.54, 1.807) is 25.1 Å². The van der Waals surface area contributed by atoms with E-state index in [1.807, 2.05) is 0 Å². The van der Waals surface area contributed by atoms with Crippen LogP contribution in [0.4, 0.5) is 0 Å². The van der Waals surface area contributed by atoms with Crippen LogP contribution in [-0.2, 0) is 14.4 Å². The van der Waals surface area contributed by atoms with Crippen molar-refractivity contribution in [3.63, 3.8) is 0 Å². The number of hydrogen-bond acceptors (Lipinski definition) is 11. The number of aromatic nitrogens is 2. The van der Waals surface area contributed by atoms with E-state index in [1.165, 1.54) is 6.92 Å². The Morgan fingerprint density at radius 2 is 1.97 bits per heavy atom. The number of benzene rings is 1. The fourth-order valence-corrected chi connectivity index (χ4v) is 3.30. The van der Waals surface area contributed by atoms with Crippen LogP contribution in [0.5, 0.6) is 0 Å².